The predicted molar refractivity (Wildman–Crippen MR) is 119 cm³/mol. The summed E-state index contributed by atoms with van der Waals surface area (Å²) in [5.41, 5.74) is 6.77. The molecule has 3 rings (SSSR count). The van der Waals surface area contributed by atoms with Crippen molar-refractivity contribution in [3.63, 3.8) is 0 Å². The lowest BCUT2D eigenvalue weighted by molar-refractivity contribution is 0.0234. The van der Waals surface area contributed by atoms with Crippen molar-refractivity contribution in [2.24, 2.45) is 0 Å². The Morgan fingerprint density at radius 2 is 1.39 bits per heavy atom. The first-order chi connectivity index (χ1) is 15.0. The summed E-state index contributed by atoms with van der Waals surface area (Å²) in [6.07, 6.45) is 0. The minimum atomic E-state index is -0.639. The molecule has 0 atom stereocenters. The summed E-state index contributed by atoms with van der Waals surface area (Å²) < 4.78 is 0. The van der Waals surface area contributed by atoms with E-state index in [0.29, 0.717) is 5.56 Å². The summed E-state index contributed by atoms with van der Waals surface area (Å²) in [5.74, 6) is -1.06. The summed E-state index contributed by atoms with van der Waals surface area (Å²) in [6.45, 7) is 7.55. The number of carbonyl (C=O) groups excluding carboxylic acids is 2. The molecule has 0 unspecified atom stereocenters. The number of rotatable bonds is 9. The number of nitrogens with zero attached hydrogens (tertiary/aromatic N) is 1. The van der Waals surface area contributed by atoms with E-state index in [2.05, 4.69) is 48.5 Å². The Hall–Kier alpha value is -3.26. The molecule has 3 N–H and O–H groups in total. The van der Waals surface area contributed by atoms with E-state index in [4.69, 9.17) is 10.0 Å². The van der Waals surface area contributed by atoms with E-state index in [1.807, 2.05) is 12.1 Å². The molecule has 0 aromatic heterocycles. The molecule has 0 spiro atoms. The van der Waals surface area contributed by atoms with Crippen LogP contribution in [0.3, 0.4) is 0 Å². The highest BCUT2D eigenvalue weighted by Gasteiger charge is 2.09. The molecule has 0 radical (unpaired) electrons. The van der Waals surface area contributed by atoms with Crippen molar-refractivity contribution in [2.45, 2.75) is 27.0 Å². The third-order valence-electron chi connectivity index (χ3n) is 5.18. The van der Waals surface area contributed by atoms with E-state index in [0.717, 1.165) is 30.6 Å². The third kappa shape index (κ3) is 5.88. The Balaban J connectivity index is 1.57. The van der Waals surface area contributed by atoms with Gasteiger partial charge in [-0.15, -0.1) is 0 Å². The Morgan fingerprint density at radius 1 is 0.839 bits per heavy atom. The van der Waals surface area contributed by atoms with Gasteiger partial charge in [0, 0.05) is 17.7 Å². The molecule has 0 saturated heterocycles. The van der Waals surface area contributed by atoms with Gasteiger partial charge >= 0.3 is 0 Å². The van der Waals surface area contributed by atoms with Crippen LogP contribution in [0.4, 0.5) is 0 Å². The van der Waals surface area contributed by atoms with Gasteiger partial charge in [-0.3, -0.25) is 24.5 Å². The van der Waals surface area contributed by atoms with Crippen LogP contribution in [0.25, 0.3) is 10.8 Å². The molecule has 0 aliphatic carbocycles. The molecule has 162 valence electrons. The highest BCUT2D eigenvalue weighted by atomic mass is 16.6. The van der Waals surface area contributed by atoms with Crippen molar-refractivity contribution >= 4 is 22.6 Å². The van der Waals surface area contributed by atoms with E-state index >= 15 is 0 Å². The predicted octanol–water partition coefficient (Wildman–Crippen LogP) is 3.66. The van der Waals surface area contributed by atoms with Crippen molar-refractivity contribution in [2.75, 3.05) is 13.1 Å². The lowest BCUT2D eigenvalue weighted by Crippen LogP contribution is -2.24. The topological polar surface area (TPSA) is 90.9 Å². The zero-order chi connectivity index (χ0) is 22.2. The second kappa shape index (κ2) is 10.7. The fraction of sp³-hybridized carbons (Fsp3) is 0.250. The van der Waals surface area contributed by atoms with Gasteiger partial charge in [-0.1, -0.05) is 38.1 Å². The van der Waals surface area contributed by atoms with Gasteiger partial charge in [0.2, 0.25) is 0 Å². The largest absolute Gasteiger partial charge is 0.300 e. The second-order valence-electron chi connectivity index (χ2n) is 7.22. The van der Waals surface area contributed by atoms with Crippen LogP contribution < -0.4 is 11.0 Å². The number of carbonyl (C=O) groups is 2. The smallest absolute Gasteiger partial charge is 0.274 e. The first-order valence-electron chi connectivity index (χ1n) is 10.2. The second-order valence-corrected chi connectivity index (χ2v) is 7.22. The summed E-state index contributed by atoms with van der Waals surface area (Å²) in [6, 6.07) is 18.4. The number of fused-ring (bicyclic) bond motifs is 1. The van der Waals surface area contributed by atoms with Crippen LogP contribution >= 0.6 is 0 Å². The van der Waals surface area contributed by atoms with Gasteiger partial charge in [-0.2, -0.15) is 0 Å². The molecule has 0 aliphatic heterocycles. The monoisotopic (exact) mass is 421 g/mol. The lowest BCUT2D eigenvalue weighted by atomic mass is 10.0. The maximum atomic E-state index is 12.2. The third-order valence-corrected chi connectivity index (χ3v) is 5.18. The fourth-order valence-electron chi connectivity index (χ4n) is 3.32. The molecule has 0 aliphatic rings. The average molecular weight is 421 g/mol. The quantitative estimate of drug-likeness (QED) is 0.362. The van der Waals surface area contributed by atoms with E-state index < -0.39 is 11.8 Å². The molecule has 0 bridgehead atoms. The van der Waals surface area contributed by atoms with E-state index in [1.54, 1.807) is 5.48 Å². The highest BCUT2D eigenvalue weighted by molar-refractivity contribution is 5.97. The summed E-state index contributed by atoms with van der Waals surface area (Å²) >= 11 is 0. The van der Waals surface area contributed by atoms with Crippen molar-refractivity contribution in [3.05, 3.63) is 82.9 Å². The lowest BCUT2D eigenvalue weighted by Gasteiger charge is -2.18. The van der Waals surface area contributed by atoms with Gasteiger partial charge in [0.1, 0.15) is 0 Å². The molecular formula is C24H27N3O4. The number of hydroxylamine groups is 2. The summed E-state index contributed by atoms with van der Waals surface area (Å²) in [4.78, 5) is 31.2. The number of nitrogens with one attached hydrogen (secondary N) is 2. The molecule has 7 nitrogen and oxygen atoms in total. The molecule has 0 heterocycles. The van der Waals surface area contributed by atoms with Crippen molar-refractivity contribution in [1.82, 2.24) is 15.9 Å². The Labute approximate surface area is 181 Å². The van der Waals surface area contributed by atoms with Crippen LogP contribution in [0.2, 0.25) is 0 Å². The first kappa shape index (κ1) is 22.4. The Bertz CT molecular complexity index is 1050. The van der Waals surface area contributed by atoms with Crippen LogP contribution in [-0.2, 0) is 18.0 Å². The van der Waals surface area contributed by atoms with E-state index in [-0.39, 0.29) is 12.2 Å². The van der Waals surface area contributed by atoms with Crippen LogP contribution in [0.1, 0.15) is 45.7 Å². The number of hydrogen-bond acceptors (Lipinski definition) is 5. The zero-order valence-corrected chi connectivity index (χ0v) is 17.7. The molecule has 0 fully saturated rings. The SMILES string of the molecule is CCN(CC)Cc1ccc2cc(CONC(=O)c3ccc(C(=O)NO)cc3)ccc2c1. The van der Waals surface area contributed by atoms with Gasteiger partial charge in [0.05, 0.1) is 6.61 Å². The molecular weight excluding hydrogens is 394 g/mol. The van der Waals surface area contributed by atoms with Gasteiger partial charge < -0.3 is 0 Å². The maximum absolute atomic E-state index is 12.2. The van der Waals surface area contributed by atoms with E-state index in [1.165, 1.54) is 35.2 Å². The minimum Gasteiger partial charge on any atom is -0.300 e. The Morgan fingerprint density at radius 3 is 1.97 bits per heavy atom. The summed E-state index contributed by atoms with van der Waals surface area (Å²) in [5, 5.41) is 10.9. The first-order valence-corrected chi connectivity index (χ1v) is 10.2. The van der Waals surface area contributed by atoms with Crippen LogP contribution in [0.5, 0.6) is 0 Å². The normalized spacial score (nSPS) is 11.0. The molecule has 31 heavy (non-hydrogen) atoms. The molecule has 0 saturated carbocycles. The number of amides is 2. The fourth-order valence-corrected chi connectivity index (χ4v) is 3.32. The van der Waals surface area contributed by atoms with Gasteiger partial charge in [-0.25, -0.2) is 11.0 Å². The number of benzene rings is 3. The Kier molecular flexibility index (Phi) is 7.72. The van der Waals surface area contributed by atoms with Crippen molar-refractivity contribution in [3.8, 4) is 0 Å². The van der Waals surface area contributed by atoms with Gasteiger partial charge in [0.25, 0.3) is 11.8 Å². The zero-order valence-electron chi connectivity index (χ0n) is 17.7. The molecule has 7 heteroatoms. The van der Waals surface area contributed by atoms with Gasteiger partial charge in [0.15, 0.2) is 0 Å². The standard InChI is InChI=1S/C24H27N3O4/c1-3-27(4-2)15-17-5-7-22-14-18(6-8-21(22)13-17)16-31-26-24(29)20-11-9-19(10-12-20)23(28)25-30/h5-14,30H,3-4,15-16H2,1-2H3,(H,25,28)(H,26,29). The molecule has 2 amide bonds. The minimum absolute atomic E-state index is 0.230. The number of hydrogen-bond donors (Lipinski definition) is 3. The van der Waals surface area contributed by atoms with E-state index in [9.17, 15) is 9.59 Å². The maximum Gasteiger partial charge on any atom is 0.274 e. The van der Waals surface area contributed by atoms with Crippen LogP contribution in [0.15, 0.2) is 60.7 Å². The highest BCUT2D eigenvalue weighted by Crippen LogP contribution is 2.19. The summed E-state index contributed by atoms with van der Waals surface area (Å²) in [7, 11) is 0. The van der Waals surface area contributed by atoms with Gasteiger partial charge in [-0.05, 0) is 71.4 Å². The van der Waals surface area contributed by atoms with Crippen LogP contribution in [-0.4, -0.2) is 35.0 Å². The molecule has 3 aromatic carbocycles. The van der Waals surface area contributed by atoms with Crippen molar-refractivity contribution < 1.29 is 19.6 Å². The van der Waals surface area contributed by atoms with Crippen molar-refractivity contribution in [1.29, 1.82) is 0 Å². The molecule has 3 aromatic rings. The van der Waals surface area contributed by atoms with Crippen LogP contribution in [0, 0.1) is 0 Å². The average Bonchev–Trinajstić information content (AvgIpc) is 2.82.